The molecule has 0 atom stereocenters. The third-order valence-electron chi connectivity index (χ3n) is 3.97. The molecule has 0 unspecified atom stereocenters. The van der Waals surface area contributed by atoms with E-state index < -0.39 is 0 Å². The number of hydrogen-bond donors (Lipinski definition) is 1. The topological polar surface area (TPSA) is 43.3 Å². The van der Waals surface area contributed by atoms with Crippen LogP contribution in [0.3, 0.4) is 0 Å². The number of hydrogen-bond acceptors (Lipinski definition) is 2. The highest BCUT2D eigenvalue weighted by molar-refractivity contribution is 5.86. The molecule has 0 spiro atoms. The second kappa shape index (κ2) is 5.80. The highest BCUT2D eigenvalue weighted by Gasteiger charge is 2.25. The van der Waals surface area contributed by atoms with E-state index in [1.54, 1.807) is 7.11 Å². The number of aromatic nitrogens is 1. The van der Waals surface area contributed by atoms with Crippen LogP contribution in [0.1, 0.15) is 32.8 Å². The van der Waals surface area contributed by atoms with Gasteiger partial charge in [0.1, 0.15) is 5.75 Å². The van der Waals surface area contributed by atoms with Gasteiger partial charge in [-0.15, -0.1) is 0 Å². The Hall–Kier alpha value is -1.97. The molecule has 2 rings (SSSR count). The van der Waals surface area contributed by atoms with Crippen molar-refractivity contribution >= 4 is 16.8 Å². The Kier molecular flexibility index (Phi) is 4.26. The SMILES string of the molecule is CCC(=O)NCC(C)(C)c1cn(C)c2ccc(OC)cc12. The number of fused-ring (bicyclic) bond motifs is 1. The first kappa shape index (κ1) is 15.4. The van der Waals surface area contributed by atoms with Gasteiger partial charge in [0, 0.05) is 42.5 Å². The standard InChI is InChI=1S/C17H24N2O2/c1-6-16(20)18-11-17(2,3)14-10-19(4)15-8-7-12(21-5)9-13(14)15/h7-10H,6,11H2,1-5H3,(H,18,20). The molecule has 4 nitrogen and oxygen atoms in total. The van der Waals surface area contributed by atoms with Crippen LogP contribution < -0.4 is 10.1 Å². The number of ether oxygens (including phenoxy) is 1. The van der Waals surface area contributed by atoms with Crippen molar-refractivity contribution < 1.29 is 9.53 Å². The van der Waals surface area contributed by atoms with Crippen LogP contribution in [0.25, 0.3) is 10.9 Å². The van der Waals surface area contributed by atoms with Crippen LogP contribution in [-0.4, -0.2) is 24.1 Å². The van der Waals surface area contributed by atoms with Crippen LogP contribution >= 0.6 is 0 Å². The average molecular weight is 288 g/mol. The van der Waals surface area contributed by atoms with E-state index in [-0.39, 0.29) is 11.3 Å². The molecule has 1 aromatic carbocycles. The molecule has 0 aliphatic heterocycles. The average Bonchev–Trinajstić information content (AvgIpc) is 2.82. The molecule has 1 N–H and O–H groups in total. The minimum Gasteiger partial charge on any atom is -0.497 e. The number of methoxy groups -OCH3 is 1. The van der Waals surface area contributed by atoms with Gasteiger partial charge in [-0.2, -0.15) is 0 Å². The summed E-state index contributed by atoms with van der Waals surface area (Å²) < 4.78 is 7.45. The van der Waals surface area contributed by atoms with Crippen molar-refractivity contribution in [3.05, 3.63) is 30.0 Å². The Bertz CT molecular complexity index is 656. The number of carbonyl (C=O) groups is 1. The molecule has 114 valence electrons. The van der Waals surface area contributed by atoms with E-state index in [9.17, 15) is 4.79 Å². The number of rotatable bonds is 5. The minimum atomic E-state index is -0.142. The summed E-state index contributed by atoms with van der Waals surface area (Å²) in [4.78, 5) is 11.5. The van der Waals surface area contributed by atoms with Crippen molar-refractivity contribution in [1.82, 2.24) is 9.88 Å². The van der Waals surface area contributed by atoms with E-state index in [0.717, 1.165) is 5.75 Å². The van der Waals surface area contributed by atoms with E-state index in [2.05, 4.69) is 42.1 Å². The molecular weight excluding hydrogens is 264 g/mol. The first-order chi connectivity index (χ1) is 9.89. The molecule has 0 fully saturated rings. The summed E-state index contributed by atoms with van der Waals surface area (Å²) in [6.07, 6.45) is 2.65. The first-order valence-electron chi connectivity index (χ1n) is 7.29. The van der Waals surface area contributed by atoms with Crippen molar-refractivity contribution in [3.8, 4) is 5.75 Å². The van der Waals surface area contributed by atoms with Gasteiger partial charge in [0.2, 0.25) is 5.91 Å². The van der Waals surface area contributed by atoms with Crippen molar-refractivity contribution in [2.45, 2.75) is 32.6 Å². The van der Waals surface area contributed by atoms with Crippen molar-refractivity contribution in [1.29, 1.82) is 0 Å². The Morgan fingerprint density at radius 2 is 2.10 bits per heavy atom. The smallest absolute Gasteiger partial charge is 0.219 e. The van der Waals surface area contributed by atoms with Gasteiger partial charge >= 0.3 is 0 Å². The third-order valence-corrected chi connectivity index (χ3v) is 3.97. The molecular formula is C17H24N2O2. The van der Waals surface area contributed by atoms with E-state index in [4.69, 9.17) is 4.74 Å². The lowest BCUT2D eigenvalue weighted by Crippen LogP contribution is -2.36. The van der Waals surface area contributed by atoms with Crippen LogP contribution in [-0.2, 0) is 17.3 Å². The number of benzene rings is 1. The fourth-order valence-electron chi connectivity index (χ4n) is 2.58. The van der Waals surface area contributed by atoms with Gasteiger partial charge in [-0.25, -0.2) is 0 Å². The fraction of sp³-hybridized carbons (Fsp3) is 0.471. The van der Waals surface area contributed by atoms with Crippen molar-refractivity contribution in [3.63, 3.8) is 0 Å². The molecule has 1 heterocycles. The molecule has 4 heteroatoms. The van der Waals surface area contributed by atoms with Crippen LogP contribution in [0.5, 0.6) is 5.75 Å². The maximum Gasteiger partial charge on any atom is 0.219 e. The highest BCUT2D eigenvalue weighted by Crippen LogP contribution is 2.33. The Balaban J connectivity index is 2.42. The summed E-state index contributed by atoms with van der Waals surface area (Å²) >= 11 is 0. The normalized spacial score (nSPS) is 11.7. The molecule has 0 aliphatic carbocycles. The second-order valence-electron chi connectivity index (χ2n) is 6.05. The summed E-state index contributed by atoms with van der Waals surface area (Å²) in [6, 6.07) is 6.10. The molecule has 2 aromatic rings. The quantitative estimate of drug-likeness (QED) is 0.919. The molecule has 0 aliphatic rings. The molecule has 0 saturated heterocycles. The van der Waals surface area contributed by atoms with Crippen LogP contribution in [0, 0.1) is 0 Å². The van der Waals surface area contributed by atoms with Crippen molar-refractivity contribution in [2.24, 2.45) is 7.05 Å². The Labute approximate surface area is 126 Å². The van der Waals surface area contributed by atoms with E-state index in [1.807, 2.05) is 20.0 Å². The maximum atomic E-state index is 11.5. The number of nitrogens with one attached hydrogen (secondary N) is 1. The van der Waals surface area contributed by atoms with Crippen LogP contribution in [0.4, 0.5) is 0 Å². The Morgan fingerprint density at radius 1 is 1.38 bits per heavy atom. The molecule has 21 heavy (non-hydrogen) atoms. The van der Waals surface area contributed by atoms with Gasteiger partial charge in [0.25, 0.3) is 0 Å². The predicted octanol–water partition coefficient (Wildman–Crippen LogP) is 2.99. The fourth-order valence-corrected chi connectivity index (χ4v) is 2.58. The summed E-state index contributed by atoms with van der Waals surface area (Å²) in [5.41, 5.74) is 2.24. The van der Waals surface area contributed by atoms with Gasteiger partial charge in [-0.05, 0) is 23.8 Å². The minimum absolute atomic E-state index is 0.0842. The van der Waals surface area contributed by atoms with E-state index in [0.29, 0.717) is 13.0 Å². The van der Waals surface area contributed by atoms with Gasteiger partial charge in [-0.1, -0.05) is 20.8 Å². The number of amides is 1. The molecule has 0 radical (unpaired) electrons. The Morgan fingerprint density at radius 3 is 2.71 bits per heavy atom. The first-order valence-corrected chi connectivity index (χ1v) is 7.29. The lowest BCUT2D eigenvalue weighted by molar-refractivity contribution is -0.121. The van der Waals surface area contributed by atoms with E-state index in [1.165, 1.54) is 16.5 Å². The second-order valence-corrected chi connectivity index (χ2v) is 6.05. The summed E-state index contributed by atoms with van der Waals surface area (Å²) in [6.45, 7) is 6.79. The lowest BCUT2D eigenvalue weighted by Gasteiger charge is -2.25. The zero-order chi connectivity index (χ0) is 15.6. The molecule has 0 saturated carbocycles. The predicted molar refractivity (Wildman–Crippen MR) is 85.8 cm³/mol. The molecule has 1 aromatic heterocycles. The van der Waals surface area contributed by atoms with Gasteiger partial charge in [-0.3, -0.25) is 4.79 Å². The monoisotopic (exact) mass is 288 g/mol. The largest absolute Gasteiger partial charge is 0.497 e. The third kappa shape index (κ3) is 3.04. The maximum absolute atomic E-state index is 11.5. The summed E-state index contributed by atoms with van der Waals surface area (Å²) in [7, 11) is 3.72. The zero-order valence-electron chi connectivity index (χ0n) is 13.5. The van der Waals surface area contributed by atoms with E-state index >= 15 is 0 Å². The van der Waals surface area contributed by atoms with Gasteiger partial charge < -0.3 is 14.6 Å². The molecule has 1 amide bonds. The molecule has 0 bridgehead atoms. The summed E-state index contributed by atoms with van der Waals surface area (Å²) in [5.74, 6) is 0.934. The van der Waals surface area contributed by atoms with Gasteiger partial charge in [0.05, 0.1) is 7.11 Å². The van der Waals surface area contributed by atoms with Crippen LogP contribution in [0.2, 0.25) is 0 Å². The lowest BCUT2D eigenvalue weighted by atomic mass is 9.84. The zero-order valence-corrected chi connectivity index (χ0v) is 13.5. The highest BCUT2D eigenvalue weighted by atomic mass is 16.5. The summed E-state index contributed by atoms with van der Waals surface area (Å²) in [5, 5.41) is 4.17. The van der Waals surface area contributed by atoms with Crippen LogP contribution in [0.15, 0.2) is 24.4 Å². The number of carbonyl (C=O) groups excluding carboxylic acids is 1. The number of aryl methyl sites for hydroxylation is 1. The van der Waals surface area contributed by atoms with Crippen molar-refractivity contribution in [2.75, 3.05) is 13.7 Å². The number of nitrogens with zero attached hydrogens (tertiary/aromatic N) is 1. The van der Waals surface area contributed by atoms with Gasteiger partial charge in [0.15, 0.2) is 0 Å².